The van der Waals surface area contributed by atoms with Crippen molar-refractivity contribution < 1.29 is 22.3 Å². The van der Waals surface area contributed by atoms with Gasteiger partial charge in [-0.25, -0.2) is 17.6 Å². The van der Waals surface area contributed by atoms with E-state index in [1.54, 1.807) is 18.2 Å². The Morgan fingerprint density at radius 3 is 2.45 bits per heavy atom. The van der Waals surface area contributed by atoms with E-state index in [0.29, 0.717) is 11.3 Å². The highest BCUT2D eigenvalue weighted by Gasteiger charge is 2.53. The Morgan fingerprint density at radius 1 is 1.17 bits per heavy atom. The number of rotatable bonds is 3. The van der Waals surface area contributed by atoms with Crippen LogP contribution in [0.4, 0.5) is 10.1 Å². The molecule has 2 aromatic carbocycles. The van der Waals surface area contributed by atoms with E-state index in [9.17, 15) is 17.6 Å². The molecule has 2 aliphatic heterocycles. The molecule has 0 saturated carbocycles. The van der Waals surface area contributed by atoms with E-state index in [2.05, 4.69) is 0 Å². The maximum Gasteiger partial charge on any atom is 0.337 e. The molecular weight excluding hydrogens is 413 g/mol. The molecule has 5 nitrogen and oxygen atoms in total. The molecule has 1 unspecified atom stereocenters. The molecule has 1 fully saturated rings. The Bertz CT molecular complexity index is 1050. The van der Waals surface area contributed by atoms with E-state index >= 15 is 0 Å². The van der Waals surface area contributed by atoms with Gasteiger partial charge in [-0.3, -0.25) is 4.31 Å². The minimum absolute atomic E-state index is 0.0518. The van der Waals surface area contributed by atoms with Crippen molar-refractivity contribution in [2.45, 2.75) is 36.1 Å². The van der Waals surface area contributed by atoms with Crippen LogP contribution in [0, 0.1) is 5.82 Å². The van der Waals surface area contributed by atoms with Crippen LogP contribution < -0.4 is 4.31 Å². The number of thioether (sulfide) groups is 1. The average molecular weight is 436 g/mol. The van der Waals surface area contributed by atoms with Gasteiger partial charge in [-0.2, -0.15) is 11.8 Å². The lowest BCUT2D eigenvalue weighted by Crippen LogP contribution is -2.47. The van der Waals surface area contributed by atoms with Gasteiger partial charge in [0, 0.05) is 5.41 Å². The number of halogens is 1. The molecule has 0 amide bonds. The van der Waals surface area contributed by atoms with Crippen LogP contribution in [0.2, 0.25) is 0 Å². The van der Waals surface area contributed by atoms with Gasteiger partial charge in [-0.05, 0) is 79.3 Å². The third-order valence-corrected chi connectivity index (χ3v) is 8.98. The zero-order valence-corrected chi connectivity index (χ0v) is 17.9. The van der Waals surface area contributed by atoms with Crippen LogP contribution in [0.15, 0.2) is 47.4 Å². The number of methoxy groups -OCH3 is 1. The molecule has 1 atom stereocenters. The molecule has 0 aromatic heterocycles. The SMILES string of the molecule is COC(=O)c1ccc2c(c1)C1(CCSCC1)C(C)N2S(=O)(=O)c1ccc(F)cc1. The predicted octanol–water partition coefficient (Wildman–Crippen LogP) is 3.97. The lowest BCUT2D eigenvalue weighted by molar-refractivity contribution is 0.0600. The van der Waals surface area contributed by atoms with Crippen LogP contribution in [0.1, 0.15) is 35.7 Å². The first kappa shape index (κ1) is 20.2. The second kappa shape index (κ2) is 7.32. The second-order valence-corrected chi connectivity index (χ2v) is 10.5. The first-order chi connectivity index (χ1) is 13.8. The largest absolute Gasteiger partial charge is 0.465 e. The summed E-state index contributed by atoms with van der Waals surface area (Å²) in [4.78, 5) is 12.2. The summed E-state index contributed by atoms with van der Waals surface area (Å²) in [6.45, 7) is 1.93. The van der Waals surface area contributed by atoms with Gasteiger partial charge in [0.1, 0.15) is 5.82 Å². The molecule has 0 radical (unpaired) electrons. The Kier molecular flexibility index (Phi) is 5.11. The maximum absolute atomic E-state index is 13.5. The molecule has 0 bridgehead atoms. The first-order valence-corrected chi connectivity index (χ1v) is 12.0. The van der Waals surface area contributed by atoms with Crippen LogP contribution in [-0.2, 0) is 20.2 Å². The molecule has 1 spiro atoms. The highest BCUT2D eigenvalue weighted by molar-refractivity contribution is 7.99. The number of carbonyl (C=O) groups excluding carboxylic acids is 1. The lowest BCUT2D eigenvalue weighted by Gasteiger charge is -2.39. The van der Waals surface area contributed by atoms with E-state index in [-0.39, 0.29) is 16.4 Å². The van der Waals surface area contributed by atoms with Crippen molar-refractivity contribution in [3.05, 3.63) is 59.4 Å². The van der Waals surface area contributed by atoms with Crippen molar-refractivity contribution in [2.75, 3.05) is 22.9 Å². The number of fused-ring (bicyclic) bond motifs is 2. The molecule has 154 valence electrons. The smallest absolute Gasteiger partial charge is 0.337 e. The van der Waals surface area contributed by atoms with Crippen LogP contribution in [0.3, 0.4) is 0 Å². The maximum atomic E-state index is 13.5. The minimum atomic E-state index is -3.89. The summed E-state index contributed by atoms with van der Waals surface area (Å²) in [5, 5.41) is 0. The van der Waals surface area contributed by atoms with E-state index < -0.39 is 21.8 Å². The highest BCUT2D eigenvalue weighted by Crippen LogP contribution is 2.54. The van der Waals surface area contributed by atoms with Crippen molar-refractivity contribution in [3.8, 4) is 0 Å². The number of anilines is 1. The number of nitrogens with zero attached hydrogens (tertiary/aromatic N) is 1. The fourth-order valence-corrected chi connectivity index (χ4v) is 7.48. The average Bonchev–Trinajstić information content (AvgIpc) is 2.96. The minimum Gasteiger partial charge on any atom is -0.465 e. The zero-order valence-electron chi connectivity index (χ0n) is 16.2. The molecule has 1 saturated heterocycles. The first-order valence-electron chi connectivity index (χ1n) is 9.42. The van der Waals surface area contributed by atoms with E-state index in [0.717, 1.165) is 42.0 Å². The van der Waals surface area contributed by atoms with Gasteiger partial charge in [-0.15, -0.1) is 0 Å². The van der Waals surface area contributed by atoms with Crippen molar-refractivity contribution >= 4 is 33.4 Å². The number of benzene rings is 2. The van der Waals surface area contributed by atoms with Crippen molar-refractivity contribution in [1.82, 2.24) is 0 Å². The van der Waals surface area contributed by atoms with Crippen LogP contribution in [0.25, 0.3) is 0 Å². The van der Waals surface area contributed by atoms with Crippen LogP contribution >= 0.6 is 11.8 Å². The summed E-state index contributed by atoms with van der Waals surface area (Å²) >= 11 is 1.85. The van der Waals surface area contributed by atoms with E-state index in [1.807, 2.05) is 18.7 Å². The van der Waals surface area contributed by atoms with Gasteiger partial charge in [0.15, 0.2) is 0 Å². The lowest BCUT2D eigenvalue weighted by atomic mass is 9.72. The summed E-state index contributed by atoms with van der Waals surface area (Å²) in [7, 11) is -2.56. The Hall–Kier alpha value is -2.06. The fraction of sp³-hybridized carbons (Fsp3) is 0.381. The Labute approximate surface area is 174 Å². The zero-order chi connectivity index (χ0) is 20.8. The standard InChI is InChI=1S/C21H22FNO4S2/c1-14-21(9-11-28-12-10-21)18-13-15(20(24)27-2)3-8-19(18)23(14)29(25,26)17-6-4-16(22)5-7-17/h3-8,13-14H,9-12H2,1-2H3. The molecule has 0 N–H and O–H groups in total. The van der Waals surface area contributed by atoms with Crippen molar-refractivity contribution in [2.24, 2.45) is 0 Å². The van der Waals surface area contributed by atoms with Crippen molar-refractivity contribution in [1.29, 1.82) is 0 Å². The normalized spacial score (nSPS) is 20.5. The molecule has 29 heavy (non-hydrogen) atoms. The third kappa shape index (κ3) is 3.13. The monoisotopic (exact) mass is 435 g/mol. The Balaban J connectivity index is 1.89. The number of ether oxygens (including phenoxy) is 1. The van der Waals surface area contributed by atoms with Gasteiger partial charge >= 0.3 is 5.97 Å². The highest BCUT2D eigenvalue weighted by atomic mass is 32.2. The fourth-order valence-electron chi connectivity index (χ4n) is 4.51. The number of hydrogen-bond acceptors (Lipinski definition) is 5. The summed E-state index contributed by atoms with van der Waals surface area (Å²) in [6.07, 6.45) is 1.65. The molecule has 0 aliphatic carbocycles. The number of esters is 1. The molecule has 2 heterocycles. The molecule has 8 heteroatoms. The summed E-state index contributed by atoms with van der Waals surface area (Å²) < 4.78 is 46.7. The topological polar surface area (TPSA) is 63.7 Å². The summed E-state index contributed by atoms with van der Waals surface area (Å²) in [6, 6.07) is 9.65. The van der Waals surface area contributed by atoms with Gasteiger partial charge in [0.2, 0.25) is 0 Å². The Morgan fingerprint density at radius 2 is 1.83 bits per heavy atom. The predicted molar refractivity (Wildman–Crippen MR) is 112 cm³/mol. The molecule has 2 aromatic rings. The summed E-state index contributed by atoms with van der Waals surface area (Å²) in [5.74, 6) is 0.927. The van der Waals surface area contributed by atoms with E-state index in [1.165, 1.54) is 23.5 Å². The molecular formula is C21H22FNO4S2. The molecule has 4 rings (SSSR count). The summed E-state index contributed by atoms with van der Waals surface area (Å²) in [5.41, 5.74) is 1.51. The quantitative estimate of drug-likeness (QED) is 0.683. The van der Waals surface area contributed by atoms with Gasteiger partial charge < -0.3 is 4.74 Å². The second-order valence-electron chi connectivity index (χ2n) is 7.42. The van der Waals surface area contributed by atoms with Crippen LogP contribution in [0.5, 0.6) is 0 Å². The number of hydrogen-bond donors (Lipinski definition) is 0. The van der Waals surface area contributed by atoms with Crippen LogP contribution in [-0.4, -0.2) is 39.0 Å². The van der Waals surface area contributed by atoms with Crippen molar-refractivity contribution in [3.63, 3.8) is 0 Å². The van der Waals surface area contributed by atoms with Gasteiger partial charge in [-0.1, -0.05) is 0 Å². The van der Waals surface area contributed by atoms with Gasteiger partial charge in [0.05, 0.1) is 29.3 Å². The van der Waals surface area contributed by atoms with E-state index in [4.69, 9.17) is 4.74 Å². The number of carbonyl (C=O) groups is 1. The van der Waals surface area contributed by atoms with Gasteiger partial charge in [0.25, 0.3) is 10.0 Å². The molecule has 2 aliphatic rings. The number of sulfonamides is 1. The third-order valence-electron chi connectivity index (χ3n) is 6.10.